The molecule has 3 N–H and O–H groups in total. The summed E-state index contributed by atoms with van der Waals surface area (Å²) in [6.07, 6.45) is 3.01. The van der Waals surface area contributed by atoms with Crippen molar-refractivity contribution in [2.45, 2.75) is 6.92 Å². The molecular weight excluding hydrogens is 303 g/mol. The Labute approximate surface area is 126 Å². The molecule has 98 valence electrons. The highest BCUT2D eigenvalue weighted by Crippen LogP contribution is 2.34. The van der Waals surface area contributed by atoms with Crippen LogP contribution in [0.4, 0.5) is 11.5 Å². The van der Waals surface area contributed by atoms with E-state index in [1.165, 1.54) is 12.4 Å². The van der Waals surface area contributed by atoms with E-state index >= 15 is 0 Å². The number of aryl methyl sites for hydroxylation is 1. The maximum atomic E-state index is 6.19. The number of halogens is 2. The smallest absolute Gasteiger partial charge is 0.148 e. The number of anilines is 2. The molecule has 2 aromatic rings. The maximum Gasteiger partial charge on any atom is 0.148 e. The van der Waals surface area contributed by atoms with Crippen LogP contribution in [0.5, 0.6) is 0 Å². The topological polar surface area (TPSA) is 63.8 Å². The highest BCUT2D eigenvalue weighted by molar-refractivity contribution is 7.80. The fourth-order valence-corrected chi connectivity index (χ4v) is 1.99. The van der Waals surface area contributed by atoms with Gasteiger partial charge < -0.3 is 11.1 Å². The Morgan fingerprint density at radius 3 is 2.58 bits per heavy atom. The Kier molecular flexibility index (Phi) is 4.19. The zero-order valence-electron chi connectivity index (χ0n) is 9.95. The number of benzene rings is 1. The normalized spacial score (nSPS) is 10.3. The Bertz CT molecular complexity index is 628. The monoisotopic (exact) mass is 312 g/mol. The molecule has 1 aromatic carbocycles. The van der Waals surface area contributed by atoms with Gasteiger partial charge in [0.05, 0.1) is 28.1 Å². The van der Waals surface area contributed by atoms with Crippen LogP contribution in [-0.4, -0.2) is 15.0 Å². The highest BCUT2D eigenvalue weighted by atomic mass is 35.5. The number of nitrogens with two attached hydrogens (primary N) is 1. The molecule has 0 atom stereocenters. The lowest BCUT2D eigenvalue weighted by molar-refractivity contribution is 1.18. The minimum atomic E-state index is 0.200. The number of nitrogens with zero attached hydrogens (tertiary/aromatic N) is 2. The van der Waals surface area contributed by atoms with Gasteiger partial charge in [-0.2, -0.15) is 0 Å². The van der Waals surface area contributed by atoms with Crippen LogP contribution in [0.3, 0.4) is 0 Å². The lowest BCUT2D eigenvalue weighted by Gasteiger charge is -2.11. The molecule has 0 aliphatic rings. The van der Waals surface area contributed by atoms with Crippen molar-refractivity contribution in [1.29, 1.82) is 0 Å². The molecule has 2 rings (SSSR count). The molecule has 0 bridgehead atoms. The standard InChI is InChI=1S/C12H10Cl2N4S/c1-6-2-3-7(13)11(10(6)14)18-9-5-16-8(4-17-9)12(15)19/h2-5H,1H3,(H2,15,19)(H,17,18). The van der Waals surface area contributed by atoms with E-state index in [0.717, 1.165) is 5.56 Å². The molecule has 0 radical (unpaired) electrons. The summed E-state index contributed by atoms with van der Waals surface area (Å²) in [5.41, 5.74) is 7.43. The van der Waals surface area contributed by atoms with Crippen LogP contribution in [0, 0.1) is 6.92 Å². The van der Waals surface area contributed by atoms with Gasteiger partial charge in [-0.25, -0.2) is 9.97 Å². The molecule has 1 aromatic heterocycles. The Balaban J connectivity index is 2.31. The summed E-state index contributed by atoms with van der Waals surface area (Å²) in [6.45, 7) is 1.89. The molecule has 0 spiro atoms. The third-order valence-corrected chi connectivity index (χ3v) is 3.45. The predicted molar refractivity (Wildman–Crippen MR) is 82.4 cm³/mol. The van der Waals surface area contributed by atoms with Crippen LogP contribution < -0.4 is 11.1 Å². The Hall–Kier alpha value is -1.43. The quantitative estimate of drug-likeness (QED) is 0.850. The van der Waals surface area contributed by atoms with Crippen molar-refractivity contribution in [1.82, 2.24) is 9.97 Å². The van der Waals surface area contributed by atoms with E-state index in [4.69, 9.17) is 41.2 Å². The summed E-state index contributed by atoms with van der Waals surface area (Å²) in [4.78, 5) is 8.43. The van der Waals surface area contributed by atoms with Gasteiger partial charge in [0.25, 0.3) is 0 Å². The van der Waals surface area contributed by atoms with Crippen molar-refractivity contribution in [2.24, 2.45) is 5.73 Å². The third kappa shape index (κ3) is 3.12. The maximum absolute atomic E-state index is 6.19. The molecule has 0 unspecified atom stereocenters. The number of nitrogens with one attached hydrogen (secondary N) is 1. The fraction of sp³-hybridized carbons (Fsp3) is 0.0833. The van der Waals surface area contributed by atoms with Gasteiger partial charge in [-0.3, -0.25) is 0 Å². The molecule has 7 heteroatoms. The van der Waals surface area contributed by atoms with Crippen LogP contribution in [0.25, 0.3) is 0 Å². The summed E-state index contributed by atoms with van der Waals surface area (Å²) in [6, 6.07) is 3.61. The number of rotatable bonds is 3. The molecular formula is C12H10Cl2N4S. The Morgan fingerprint density at radius 1 is 1.26 bits per heavy atom. The van der Waals surface area contributed by atoms with E-state index < -0.39 is 0 Å². The SMILES string of the molecule is Cc1ccc(Cl)c(Nc2cnc(C(N)=S)cn2)c1Cl. The molecule has 0 aliphatic heterocycles. The second kappa shape index (κ2) is 5.69. The third-order valence-electron chi connectivity index (χ3n) is 2.44. The Morgan fingerprint density at radius 2 is 2.00 bits per heavy atom. The van der Waals surface area contributed by atoms with Gasteiger partial charge in [-0.05, 0) is 18.6 Å². The first-order chi connectivity index (χ1) is 8.99. The molecule has 0 fully saturated rings. The lowest BCUT2D eigenvalue weighted by Crippen LogP contribution is -2.12. The van der Waals surface area contributed by atoms with Crippen molar-refractivity contribution in [3.63, 3.8) is 0 Å². The van der Waals surface area contributed by atoms with E-state index in [1.807, 2.05) is 13.0 Å². The van der Waals surface area contributed by atoms with Crippen LogP contribution in [-0.2, 0) is 0 Å². The van der Waals surface area contributed by atoms with E-state index in [1.54, 1.807) is 6.07 Å². The molecule has 4 nitrogen and oxygen atoms in total. The second-order valence-corrected chi connectivity index (χ2v) is 5.05. The second-order valence-electron chi connectivity index (χ2n) is 3.83. The zero-order valence-corrected chi connectivity index (χ0v) is 12.3. The fourth-order valence-electron chi connectivity index (χ4n) is 1.42. The number of hydrogen-bond acceptors (Lipinski definition) is 4. The summed E-state index contributed by atoms with van der Waals surface area (Å²) in [5, 5.41) is 4.08. The first-order valence-electron chi connectivity index (χ1n) is 5.32. The van der Waals surface area contributed by atoms with Crippen LogP contribution in [0.1, 0.15) is 11.3 Å². The summed E-state index contributed by atoms with van der Waals surface area (Å²) >= 11 is 17.1. The van der Waals surface area contributed by atoms with E-state index in [2.05, 4.69) is 15.3 Å². The van der Waals surface area contributed by atoms with Gasteiger partial charge in [0.2, 0.25) is 0 Å². The van der Waals surface area contributed by atoms with Gasteiger partial charge >= 0.3 is 0 Å². The largest absolute Gasteiger partial charge is 0.388 e. The van der Waals surface area contributed by atoms with E-state index in [9.17, 15) is 0 Å². The van der Waals surface area contributed by atoms with Crippen molar-refractivity contribution in [2.75, 3.05) is 5.32 Å². The van der Waals surface area contributed by atoms with Crippen molar-refractivity contribution in [3.8, 4) is 0 Å². The minimum absolute atomic E-state index is 0.200. The van der Waals surface area contributed by atoms with Gasteiger partial charge in [-0.1, -0.05) is 41.5 Å². The van der Waals surface area contributed by atoms with Crippen molar-refractivity contribution in [3.05, 3.63) is 45.8 Å². The van der Waals surface area contributed by atoms with Gasteiger partial charge in [0, 0.05) is 0 Å². The summed E-state index contributed by atoms with van der Waals surface area (Å²) in [7, 11) is 0. The zero-order chi connectivity index (χ0) is 14.0. The van der Waals surface area contributed by atoms with Crippen molar-refractivity contribution >= 4 is 51.9 Å². The van der Waals surface area contributed by atoms with Gasteiger partial charge in [0.15, 0.2) is 0 Å². The molecule has 0 aliphatic carbocycles. The lowest BCUT2D eigenvalue weighted by atomic mass is 10.2. The molecule has 0 saturated carbocycles. The molecule has 1 heterocycles. The minimum Gasteiger partial charge on any atom is -0.388 e. The summed E-state index contributed by atoms with van der Waals surface area (Å²) < 4.78 is 0. The number of thiocarbonyl (C=S) groups is 1. The average Bonchev–Trinajstić information content (AvgIpc) is 2.40. The number of aromatic nitrogens is 2. The van der Waals surface area contributed by atoms with Crippen molar-refractivity contribution < 1.29 is 0 Å². The highest BCUT2D eigenvalue weighted by Gasteiger charge is 2.09. The van der Waals surface area contributed by atoms with Crippen LogP contribution in [0.2, 0.25) is 10.0 Å². The van der Waals surface area contributed by atoms with E-state index in [-0.39, 0.29) is 4.99 Å². The summed E-state index contributed by atoms with van der Waals surface area (Å²) in [5.74, 6) is 0.509. The van der Waals surface area contributed by atoms with E-state index in [0.29, 0.717) is 27.2 Å². The molecule has 0 amide bonds. The molecule has 19 heavy (non-hydrogen) atoms. The first kappa shape index (κ1) is 14.0. The average molecular weight is 313 g/mol. The first-order valence-corrected chi connectivity index (χ1v) is 6.49. The van der Waals surface area contributed by atoms with Crippen LogP contribution >= 0.6 is 35.4 Å². The van der Waals surface area contributed by atoms with Gasteiger partial charge in [-0.15, -0.1) is 0 Å². The van der Waals surface area contributed by atoms with Crippen LogP contribution in [0.15, 0.2) is 24.5 Å². The van der Waals surface area contributed by atoms with Gasteiger partial charge in [0.1, 0.15) is 16.5 Å². The predicted octanol–water partition coefficient (Wildman–Crippen LogP) is 3.47. The number of hydrogen-bond donors (Lipinski definition) is 2. The molecule has 0 saturated heterocycles.